The Labute approximate surface area is 111 Å². The predicted molar refractivity (Wildman–Crippen MR) is 74.2 cm³/mol. The third kappa shape index (κ3) is 1.83. The molecule has 1 aliphatic carbocycles. The van der Waals surface area contributed by atoms with Crippen LogP contribution in [-0.4, -0.2) is 23.3 Å². The average molecular weight is 251 g/mol. The second kappa shape index (κ2) is 4.35. The van der Waals surface area contributed by atoms with Crippen LogP contribution >= 0.6 is 0 Å². The van der Waals surface area contributed by atoms with Gasteiger partial charge in [0.05, 0.1) is 5.56 Å². The van der Waals surface area contributed by atoms with Gasteiger partial charge < -0.3 is 5.21 Å². The molecule has 0 saturated carbocycles. The summed E-state index contributed by atoms with van der Waals surface area (Å²) in [5, 5.41) is 11.7. The highest BCUT2D eigenvalue weighted by molar-refractivity contribution is 6.46. The van der Waals surface area contributed by atoms with Gasteiger partial charge in [-0.05, 0) is 22.8 Å². The lowest BCUT2D eigenvalue weighted by molar-refractivity contribution is -0.421. The Bertz CT molecular complexity index is 697. The van der Waals surface area contributed by atoms with E-state index in [0.717, 1.165) is 22.3 Å². The van der Waals surface area contributed by atoms with Crippen LogP contribution in [0.2, 0.25) is 0 Å². The molecule has 0 fully saturated rings. The number of hydrogen-bond acceptors (Lipinski definition) is 2. The van der Waals surface area contributed by atoms with Crippen molar-refractivity contribution in [1.29, 1.82) is 0 Å². The zero-order valence-electron chi connectivity index (χ0n) is 10.6. The summed E-state index contributed by atoms with van der Waals surface area (Å²) >= 11 is 0. The number of benzene rings is 2. The Morgan fingerprint density at radius 2 is 1.53 bits per heavy atom. The minimum Gasteiger partial charge on any atom is -0.623 e. The first-order chi connectivity index (χ1) is 9.18. The van der Waals surface area contributed by atoms with Gasteiger partial charge in [0.25, 0.3) is 5.71 Å². The third-order valence-electron chi connectivity index (χ3n) is 3.42. The fourth-order valence-corrected chi connectivity index (χ4v) is 2.61. The van der Waals surface area contributed by atoms with E-state index in [2.05, 4.69) is 0 Å². The Morgan fingerprint density at radius 3 is 2.21 bits per heavy atom. The number of hydroxylamine groups is 1. The van der Waals surface area contributed by atoms with Crippen LogP contribution in [0.15, 0.2) is 48.5 Å². The summed E-state index contributed by atoms with van der Waals surface area (Å²) < 4.78 is 0.674. The van der Waals surface area contributed by atoms with Gasteiger partial charge in [0.1, 0.15) is 7.05 Å². The van der Waals surface area contributed by atoms with E-state index in [0.29, 0.717) is 4.74 Å². The van der Waals surface area contributed by atoms with Gasteiger partial charge in [0, 0.05) is 6.42 Å². The molecule has 0 bridgehead atoms. The first kappa shape index (κ1) is 11.7. The molecule has 3 nitrogen and oxygen atoms in total. The van der Waals surface area contributed by atoms with E-state index in [-0.39, 0.29) is 17.9 Å². The molecule has 0 N–H and O–H groups in total. The minimum absolute atomic E-state index is 0.130. The normalized spacial score (nSPS) is 16.4. The van der Waals surface area contributed by atoms with Crippen LogP contribution in [0.4, 0.5) is 0 Å². The molecule has 0 aromatic heterocycles. The molecule has 0 heterocycles. The van der Waals surface area contributed by atoms with E-state index >= 15 is 0 Å². The molecule has 1 aliphatic rings. The molecular weight excluding hydrogens is 238 g/mol. The molecule has 94 valence electrons. The second-order valence-electron chi connectivity index (χ2n) is 4.65. The molecule has 3 rings (SSSR count). The van der Waals surface area contributed by atoms with Crippen molar-refractivity contribution in [2.75, 3.05) is 7.05 Å². The van der Waals surface area contributed by atoms with Gasteiger partial charge in [-0.3, -0.25) is 4.79 Å². The maximum Gasteiger partial charge on any atom is 0.262 e. The summed E-state index contributed by atoms with van der Waals surface area (Å²) in [4.78, 5) is 12.3. The molecule has 0 radical (unpaired) electrons. The summed E-state index contributed by atoms with van der Waals surface area (Å²) in [5.41, 5.74) is 3.91. The SMILES string of the molecule is C/[N+]([O-])=C1/C(=O)Cc2ccccc2-c2ccccc21. The molecule has 0 atom stereocenters. The van der Waals surface area contributed by atoms with Gasteiger partial charge in [-0.25, -0.2) is 4.74 Å². The van der Waals surface area contributed by atoms with Crippen LogP contribution in [0.25, 0.3) is 11.1 Å². The molecule has 0 spiro atoms. The van der Waals surface area contributed by atoms with Crippen molar-refractivity contribution < 1.29 is 9.53 Å². The number of carbonyl (C=O) groups excluding carboxylic acids is 1. The number of Topliss-reactive ketones (excluding diaryl/α,β-unsaturated/α-hetero) is 1. The molecule has 0 unspecified atom stereocenters. The van der Waals surface area contributed by atoms with Gasteiger partial charge in [-0.1, -0.05) is 42.5 Å². The molecular formula is C16H13NO2. The first-order valence-electron chi connectivity index (χ1n) is 6.17. The summed E-state index contributed by atoms with van der Waals surface area (Å²) in [7, 11) is 1.38. The van der Waals surface area contributed by atoms with Crippen LogP contribution in [0, 0.1) is 5.21 Å². The Balaban J connectivity index is 2.39. The largest absolute Gasteiger partial charge is 0.623 e. The van der Waals surface area contributed by atoms with Gasteiger partial charge in [-0.2, -0.15) is 0 Å². The van der Waals surface area contributed by atoms with Crippen molar-refractivity contribution in [3.63, 3.8) is 0 Å². The Kier molecular flexibility index (Phi) is 2.67. The zero-order chi connectivity index (χ0) is 13.4. The summed E-state index contributed by atoms with van der Waals surface area (Å²) in [6.45, 7) is 0. The van der Waals surface area contributed by atoms with E-state index in [9.17, 15) is 10.0 Å². The zero-order valence-corrected chi connectivity index (χ0v) is 10.6. The lowest BCUT2D eigenvalue weighted by atomic mass is 9.96. The summed E-state index contributed by atoms with van der Waals surface area (Å²) in [6, 6.07) is 15.4. The Hall–Kier alpha value is -2.42. The smallest absolute Gasteiger partial charge is 0.262 e. The number of fused-ring (bicyclic) bond motifs is 3. The lowest BCUT2D eigenvalue weighted by Gasteiger charge is -2.08. The highest BCUT2D eigenvalue weighted by Crippen LogP contribution is 2.31. The molecule has 0 aliphatic heterocycles. The quantitative estimate of drug-likeness (QED) is 0.410. The molecule has 2 aromatic carbocycles. The van der Waals surface area contributed by atoms with Crippen LogP contribution in [0.1, 0.15) is 11.1 Å². The fourth-order valence-electron chi connectivity index (χ4n) is 2.61. The minimum atomic E-state index is -0.130. The number of nitrogens with zero attached hydrogens (tertiary/aromatic N) is 1. The van der Waals surface area contributed by atoms with Crippen molar-refractivity contribution in [3.05, 3.63) is 64.9 Å². The van der Waals surface area contributed by atoms with Crippen molar-refractivity contribution >= 4 is 11.5 Å². The van der Waals surface area contributed by atoms with Crippen molar-refractivity contribution in [2.45, 2.75) is 6.42 Å². The second-order valence-corrected chi connectivity index (χ2v) is 4.65. The van der Waals surface area contributed by atoms with Crippen LogP contribution < -0.4 is 0 Å². The van der Waals surface area contributed by atoms with Gasteiger partial charge in [-0.15, -0.1) is 0 Å². The average Bonchev–Trinajstić information content (AvgIpc) is 2.52. The number of carbonyl (C=O) groups is 1. The molecule has 3 heteroatoms. The van der Waals surface area contributed by atoms with Crippen LogP contribution in [0.5, 0.6) is 0 Å². The van der Waals surface area contributed by atoms with Gasteiger partial charge in [0.15, 0.2) is 0 Å². The number of rotatable bonds is 0. The van der Waals surface area contributed by atoms with E-state index in [4.69, 9.17) is 0 Å². The van der Waals surface area contributed by atoms with Crippen molar-refractivity contribution in [2.24, 2.45) is 0 Å². The molecule has 0 amide bonds. The fraction of sp³-hybridized carbons (Fsp3) is 0.125. The van der Waals surface area contributed by atoms with E-state index in [1.54, 1.807) is 0 Å². The summed E-state index contributed by atoms with van der Waals surface area (Å²) in [6.07, 6.45) is 0.271. The maximum atomic E-state index is 12.3. The maximum absolute atomic E-state index is 12.3. The molecule has 0 saturated heterocycles. The van der Waals surface area contributed by atoms with Crippen molar-refractivity contribution in [3.8, 4) is 11.1 Å². The highest BCUT2D eigenvalue weighted by Gasteiger charge is 2.29. The van der Waals surface area contributed by atoms with Gasteiger partial charge >= 0.3 is 0 Å². The predicted octanol–water partition coefficient (Wildman–Crippen LogP) is 2.41. The van der Waals surface area contributed by atoms with Crippen LogP contribution in [0.3, 0.4) is 0 Å². The molecule has 19 heavy (non-hydrogen) atoms. The van der Waals surface area contributed by atoms with Gasteiger partial charge in [0.2, 0.25) is 5.78 Å². The summed E-state index contributed by atoms with van der Waals surface area (Å²) in [5.74, 6) is -0.130. The molecule has 2 aromatic rings. The first-order valence-corrected chi connectivity index (χ1v) is 6.17. The topological polar surface area (TPSA) is 43.1 Å². The third-order valence-corrected chi connectivity index (χ3v) is 3.42. The standard InChI is InChI=1S/C16H13NO2/c1-17(19)16-14-9-5-4-8-13(14)12-7-3-2-6-11(12)10-15(16)18/h2-9H,10H2,1H3/b17-16-. The van der Waals surface area contributed by atoms with E-state index < -0.39 is 0 Å². The van der Waals surface area contributed by atoms with E-state index in [1.165, 1.54) is 7.05 Å². The monoisotopic (exact) mass is 251 g/mol. The van der Waals surface area contributed by atoms with E-state index in [1.807, 2.05) is 48.5 Å². The Morgan fingerprint density at radius 1 is 0.947 bits per heavy atom. The van der Waals surface area contributed by atoms with Crippen LogP contribution in [-0.2, 0) is 11.2 Å². The highest BCUT2D eigenvalue weighted by atomic mass is 16.5. The number of hydrogen-bond donors (Lipinski definition) is 0. The lowest BCUT2D eigenvalue weighted by Crippen LogP contribution is -2.24. The number of ketones is 1. The van der Waals surface area contributed by atoms with Crippen molar-refractivity contribution in [1.82, 2.24) is 0 Å².